The molecule has 1 N–H and O–H groups in total. The van der Waals surface area contributed by atoms with E-state index in [9.17, 15) is 13.2 Å². The van der Waals surface area contributed by atoms with Crippen molar-refractivity contribution in [2.75, 3.05) is 23.9 Å². The van der Waals surface area contributed by atoms with E-state index in [4.69, 9.17) is 9.47 Å². The Hall–Kier alpha value is -2.74. The van der Waals surface area contributed by atoms with E-state index in [1.165, 1.54) is 15.4 Å². The van der Waals surface area contributed by atoms with Gasteiger partial charge in [0.15, 0.2) is 11.5 Å². The molecule has 0 aromatic heterocycles. The summed E-state index contributed by atoms with van der Waals surface area (Å²) in [5.74, 6) is 0.998. The Bertz CT molecular complexity index is 1080. The van der Waals surface area contributed by atoms with E-state index in [1.54, 1.807) is 18.2 Å². The number of nitrogens with one attached hydrogen (secondary N) is 1. The normalized spacial score (nSPS) is 13.7. The average molecular weight is 447 g/mol. The van der Waals surface area contributed by atoms with Crippen molar-refractivity contribution in [1.82, 2.24) is 5.32 Å². The van der Waals surface area contributed by atoms with Crippen molar-refractivity contribution < 1.29 is 22.7 Å². The fraction of sp³-hybridized carbons (Fsp3) is 0.435. The Labute approximate surface area is 184 Å². The number of amides is 1. The van der Waals surface area contributed by atoms with Crippen LogP contribution in [0.1, 0.15) is 48.1 Å². The summed E-state index contributed by atoms with van der Waals surface area (Å²) in [4.78, 5) is 12.5. The van der Waals surface area contributed by atoms with Crippen LogP contribution >= 0.6 is 0 Å². The van der Waals surface area contributed by atoms with Gasteiger partial charge in [0.25, 0.3) is 0 Å². The maximum atomic E-state index is 12.5. The van der Waals surface area contributed by atoms with Crippen molar-refractivity contribution in [3.05, 3.63) is 52.6 Å². The van der Waals surface area contributed by atoms with E-state index in [2.05, 4.69) is 31.3 Å². The van der Waals surface area contributed by atoms with Gasteiger partial charge in [-0.3, -0.25) is 9.10 Å². The largest absolute Gasteiger partial charge is 0.454 e. The van der Waals surface area contributed by atoms with E-state index in [-0.39, 0.29) is 31.7 Å². The van der Waals surface area contributed by atoms with Gasteiger partial charge in [-0.2, -0.15) is 0 Å². The van der Waals surface area contributed by atoms with Crippen LogP contribution in [-0.4, -0.2) is 33.9 Å². The molecule has 3 rings (SSSR count). The van der Waals surface area contributed by atoms with Gasteiger partial charge in [-0.1, -0.05) is 12.1 Å². The highest BCUT2D eigenvalue weighted by Gasteiger charge is 2.22. The molecule has 0 saturated heterocycles. The van der Waals surface area contributed by atoms with E-state index in [0.717, 1.165) is 17.4 Å². The number of aryl methyl sites for hydroxylation is 3. The molecule has 0 fully saturated rings. The summed E-state index contributed by atoms with van der Waals surface area (Å²) in [6.07, 6.45) is 1.78. The summed E-state index contributed by atoms with van der Waals surface area (Å²) in [6, 6.07) is 9.14. The lowest BCUT2D eigenvalue weighted by molar-refractivity contribution is -0.121. The third-order valence-electron chi connectivity index (χ3n) is 5.54. The predicted molar refractivity (Wildman–Crippen MR) is 121 cm³/mol. The molecule has 2 aromatic carbocycles. The number of hydrogen-bond donors (Lipinski definition) is 1. The van der Waals surface area contributed by atoms with Gasteiger partial charge >= 0.3 is 0 Å². The van der Waals surface area contributed by atoms with Crippen LogP contribution in [0, 0.1) is 20.8 Å². The minimum atomic E-state index is -3.51. The molecule has 0 radical (unpaired) electrons. The zero-order valence-corrected chi connectivity index (χ0v) is 19.5. The summed E-state index contributed by atoms with van der Waals surface area (Å²) >= 11 is 0. The number of benzene rings is 2. The van der Waals surface area contributed by atoms with E-state index < -0.39 is 10.0 Å². The summed E-state index contributed by atoms with van der Waals surface area (Å²) < 4.78 is 36.6. The van der Waals surface area contributed by atoms with Gasteiger partial charge in [-0.05, 0) is 68.5 Å². The molecule has 1 atom stereocenters. The van der Waals surface area contributed by atoms with Crippen molar-refractivity contribution in [2.45, 2.75) is 46.6 Å². The Morgan fingerprint density at radius 1 is 1.06 bits per heavy atom. The van der Waals surface area contributed by atoms with Crippen LogP contribution in [-0.2, 0) is 14.8 Å². The summed E-state index contributed by atoms with van der Waals surface area (Å²) in [6.45, 7) is 8.45. The molecule has 2 aromatic rings. The lowest BCUT2D eigenvalue weighted by Crippen LogP contribution is -2.32. The number of carbonyl (C=O) groups excluding carboxylic acids is 1. The molecule has 168 valence electrons. The van der Waals surface area contributed by atoms with Gasteiger partial charge in [-0.15, -0.1) is 0 Å². The lowest BCUT2D eigenvalue weighted by Gasteiger charge is -2.23. The summed E-state index contributed by atoms with van der Waals surface area (Å²) in [5, 5.41) is 3.03. The number of hydrogen-bond acceptors (Lipinski definition) is 5. The third kappa shape index (κ3) is 5.50. The Kier molecular flexibility index (Phi) is 6.79. The van der Waals surface area contributed by atoms with E-state index >= 15 is 0 Å². The summed E-state index contributed by atoms with van der Waals surface area (Å²) in [7, 11) is -3.51. The number of anilines is 1. The molecular weight excluding hydrogens is 416 g/mol. The van der Waals surface area contributed by atoms with Crippen LogP contribution in [0.4, 0.5) is 5.69 Å². The predicted octanol–water partition coefficient (Wildman–Crippen LogP) is 3.76. The molecule has 7 nitrogen and oxygen atoms in total. The van der Waals surface area contributed by atoms with Crippen LogP contribution < -0.4 is 19.1 Å². The first-order valence-corrected chi connectivity index (χ1v) is 12.2. The number of carbonyl (C=O) groups is 1. The minimum Gasteiger partial charge on any atom is -0.454 e. The van der Waals surface area contributed by atoms with Gasteiger partial charge < -0.3 is 14.8 Å². The van der Waals surface area contributed by atoms with Gasteiger partial charge in [0.2, 0.25) is 22.7 Å². The topological polar surface area (TPSA) is 84.9 Å². The molecule has 0 unspecified atom stereocenters. The Morgan fingerprint density at radius 2 is 1.74 bits per heavy atom. The number of ether oxygens (including phenoxy) is 2. The highest BCUT2D eigenvalue weighted by atomic mass is 32.2. The molecule has 0 saturated carbocycles. The molecule has 0 bridgehead atoms. The van der Waals surface area contributed by atoms with Crippen LogP contribution in [0.5, 0.6) is 11.5 Å². The van der Waals surface area contributed by atoms with Crippen LogP contribution in [0.25, 0.3) is 0 Å². The smallest absolute Gasteiger partial charge is 0.232 e. The molecule has 1 heterocycles. The van der Waals surface area contributed by atoms with Crippen molar-refractivity contribution >= 4 is 21.6 Å². The van der Waals surface area contributed by atoms with E-state index in [0.29, 0.717) is 23.6 Å². The molecule has 0 spiro atoms. The molecule has 8 heteroatoms. The monoisotopic (exact) mass is 446 g/mol. The zero-order valence-electron chi connectivity index (χ0n) is 18.7. The molecule has 31 heavy (non-hydrogen) atoms. The van der Waals surface area contributed by atoms with Gasteiger partial charge in [-0.25, -0.2) is 8.42 Å². The van der Waals surface area contributed by atoms with Crippen LogP contribution in [0.3, 0.4) is 0 Å². The third-order valence-corrected chi connectivity index (χ3v) is 6.73. The van der Waals surface area contributed by atoms with Crippen molar-refractivity contribution in [3.8, 4) is 11.5 Å². The van der Waals surface area contributed by atoms with Gasteiger partial charge in [0, 0.05) is 19.0 Å². The first-order chi connectivity index (χ1) is 14.6. The molecule has 1 amide bonds. The first kappa shape index (κ1) is 22.9. The molecule has 1 aliphatic rings. The highest BCUT2D eigenvalue weighted by Crippen LogP contribution is 2.36. The number of nitrogens with zero attached hydrogens (tertiary/aromatic N) is 1. The summed E-state index contributed by atoms with van der Waals surface area (Å²) in [5.41, 5.74) is 5.14. The SMILES string of the molecule is Cc1cc(C)c([C@H](C)NC(=O)CCCN(c2ccc3c(c2)OCO3)S(C)(=O)=O)cc1C. The second kappa shape index (κ2) is 9.18. The number of fused-ring (bicyclic) bond motifs is 1. The van der Waals surface area contributed by atoms with Crippen LogP contribution in [0.2, 0.25) is 0 Å². The van der Waals surface area contributed by atoms with Gasteiger partial charge in [0.1, 0.15) is 0 Å². The lowest BCUT2D eigenvalue weighted by atomic mass is 9.96. The second-order valence-corrected chi connectivity index (χ2v) is 9.97. The maximum absolute atomic E-state index is 12.5. The quantitative estimate of drug-likeness (QED) is 0.667. The van der Waals surface area contributed by atoms with Crippen molar-refractivity contribution in [3.63, 3.8) is 0 Å². The number of rotatable bonds is 8. The minimum absolute atomic E-state index is 0.107. The Balaban J connectivity index is 1.60. The second-order valence-electron chi connectivity index (χ2n) is 8.06. The molecule has 0 aliphatic carbocycles. The van der Waals surface area contributed by atoms with E-state index in [1.807, 2.05) is 13.8 Å². The standard InChI is InChI=1S/C23H30N2O5S/c1-15-11-17(3)20(12-16(15)2)18(4)24-23(26)7-6-10-25(31(5,27)28)19-8-9-21-22(13-19)30-14-29-21/h8-9,11-13,18H,6-7,10,14H2,1-5H3,(H,24,26)/t18-/m0/s1. The fourth-order valence-corrected chi connectivity index (χ4v) is 4.71. The molecular formula is C23H30N2O5S. The Morgan fingerprint density at radius 3 is 2.45 bits per heavy atom. The zero-order chi connectivity index (χ0) is 22.8. The average Bonchev–Trinajstić information content (AvgIpc) is 3.14. The van der Waals surface area contributed by atoms with Crippen LogP contribution in [0.15, 0.2) is 30.3 Å². The van der Waals surface area contributed by atoms with Crippen molar-refractivity contribution in [2.24, 2.45) is 0 Å². The van der Waals surface area contributed by atoms with Gasteiger partial charge in [0.05, 0.1) is 18.0 Å². The first-order valence-electron chi connectivity index (χ1n) is 10.3. The maximum Gasteiger partial charge on any atom is 0.232 e. The highest BCUT2D eigenvalue weighted by molar-refractivity contribution is 7.92. The molecule has 1 aliphatic heterocycles. The van der Waals surface area contributed by atoms with Crippen molar-refractivity contribution in [1.29, 1.82) is 0 Å². The number of sulfonamides is 1. The fourth-order valence-electron chi connectivity index (χ4n) is 3.75.